The Morgan fingerprint density at radius 1 is 0.955 bits per heavy atom. The average Bonchev–Trinajstić information content (AvgIpc) is 2.79. The van der Waals surface area contributed by atoms with Gasteiger partial charge < -0.3 is 10.4 Å². The Morgan fingerprint density at radius 3 is 2.27 bits per heavy atom. The topological polar surface area (TPSA) is 66.4 Å². The SMILES string of the molecule is O=C1C2=CCCC=C2C(=O)C1=C1Nc2ccccc2C=C1O. The number of benzene rings is 1. The first kappa shape index (κ1) is 12.8. The molecule has 0 spiro atoms. The lowest BCUT2D eigenvalue weighted by Gasteiger charge is -2.19. The van der Waals surface area contributed by atoms with Gasteiger partial charge in [-0.15, -0.1) is 0 Å². The molecule has 0 radical (unpaired) electrons. The third-order valence-corrected chi connectivity index (χ3v) is 4.12. The van der Waals surface area contributed by atoms with E-state index < -0.39 is 0 Å². The lowest BCUT2D eigenvalue weighted by molar-refractivity contribution is -0.115. The normalized spacial score (nSPS) is 19.9. The van der Waals surface area contributed by atoms with Crippen LogP contribution in [0.4, 0.5) is 5.69 Å². The number of carbonyl (C=O) groups excluding carboxylic acids is 2. The maximum Gasteiger partial charge on any atom is 0.199 e. The maximum absolute atomic E-state index is 12.5. The van der Waals surface area contributed by atoms with E-state index in [9.17, 15) is 14.7 Å². The van der Waals surface area contributed by atoms with Crippen LogP contribution in [0.15, 0.2) is 64.6 Å². The van der Waals surface area contributed by atoms with E-state index in [-0.39, 0.29) is 28.6 Å². The Morgan fingerprint density at radius 2 is 1.59 bits per heavy atom. The Balaban J connectivity index is 1.90. The number of hydrogen-bond acceptors (Lipinski definition) is 4. The largest absolute Gasteiger partial charge is 0.506 e. The fraction of sp³-hybridized carbons (Fsp3) is 0.111. The molecule has 0 saturated heterocycles. The summed E-state index contributed by atoms with van der Waals surface area (Å²) in [4.78, 5) is 25.1. The second-order valence-corrected chi connectivity index (χ2v) is 5.46. The molecular formula is C18H13NO3. The number of rotatable bonds is 0. The molecule has 0 atom stereocenters. The van der Waals surface area contributed by atoms with Crippen LogP contribution < -0.4 is 5.32 Å². The molecule has 1 heterocycles. The minimum Gasteiger partial charge on any atom is -0.506 e. The van der Waals surface area contributed by atoms with Gasteiger partial charge in [-0.1, -0.05) is 30.4 Å². The first-order valence-electron chi connectivity index (χ1n) is 7.18. The van der Waals surface area contributed by atoms with Crippen molar-refractivity contribution in [2.75, 3.05) is 5.32 Å². The van der Waals surface area contributed by atoms with Crippen molar-refractivity contribution in [1.29, 1.82) is 0 Å². The summed E-state index contributed by atoms with van der Waals surface area (Å²) in [5, 5.41) is 13.3. The molecule has 4 rings (SSSR count). The molecule has 1 saturated carbocycles. The number of Topliss-reactive ketones (excluding diaryl/α,β-unsaturated/α-hetero) is 2. The highest BCUT2D eigenvalue weighted by Crippen LogP contribution is 2.37. The highest BCUT2D eigenvalue weighted by Gasteiger charge is 2.40. The van der Waals surface area contributed by atoms with Crippen LogP contribution in [0.2, 0.25) is 0 Å². The highest BCUT2D eigenvalue weighted by molar-refractivity contribution is 6.42. The summed E-state index contributed by atoms with van der Waals surface area (Å²) in [7, 11) is 0. The second-order valence-electron chi connectivity index (χ2n) is 5.46. The summed E-state index contributed by atoms with van der Waals surface area (Å²) in [5.74, 6) is -0.703. The van der Waals surface area contributed by atoms with E-state index in [2.05, 4.69) is 5.32 Å². The van der Waals surface area contributed by atoms with E-state index in [0.29, 0.717) is 11.1 Å². The molecule has 22 heavy (non-hydrogen) atoms. The minimum absolute atomic E-state index is 0.0302. The van der Waals surface area contributed by atoms with Gasteiger partial charge in [-0.25, -0.2) is 0 Å². The average molecular weight is 291 g/mol. The van der Waals surface area contributed by atoms with Crippen molar-refractivity contribution >= 4 is 23.3 Å². The van der Waals surface area contributed by atoms with Crippen LogP contribution >= 0.6 is 0 Å². The third-order valence-electron chi connectivity index (χ3n) is 4.12. The first-order valence-corrected chi connectivity index (χ1v) is 7.18. The van der Waals surface area contributed by atoms with Crippen LogP contribution in [0.25, 0.3) is 6.08 Å². The number of hydrogen-bond donors (Lipinski definition) is 2. The summed E-state index contributed by atoms with van der Waals surface area (Å²) < 4.78 is 0. The van der Waals surface area contributed by atoms with Crippen molar-refractivity contribution in [3.8, 4) is 0 Å². The molecule has 0 amide bonds. The Bertz CT molecular complexity index is 819. The Hall–Kier alpha value is -2.88. The van der Waals surface area contributed by atoms with Crippen LogP contribution in [0, 0.1) is 0 Å². The van der Waals surface area contributed by atoms with Gasteiger partial charge in [0, 0.05) is 22.4 Å². The van der Waals surface area contributed by atoms with Crippen molar-refractivity contribution < 1.29 is 14.7 Å². The molecule has 1 aromatic carbocycles. The molecule has 1 aliphatic heterocycles. The lowest BCUT2D eigenvalue weighted by atomic mass is 10.0. The van der Waals surface area contributed by atoms with Gasteiger partial charge in [-0.2, -0.15) is 0 Å². The smallest absolute Gasteiger partial charge is 0.199 e. The van der Waals surface area contributed by atoms with Gasteiger partial charge in [0.15, 0.2) is 11.6 Å². The van der Waals surface area contributed by atoms with Crippen LogP contribution in [0.3, 0.4) is 0 Å². The van der Waals surface area contributed by atoms with Gasteiger partial charge >= 0.3 is 0 Å². The number of ketones is 2. The fourth-order valence-electron chi connectivity index (χ4n) is 3.05. The van der Waals surface area contributed by atoms with E-state index in [0.717, 1.165) is 24.1 Å². The predicted octanol–water partition coefficient (Wildman–Crippen LogP) is 3.06. The van der Waals surface area contributed by atoms with E-state index in [1.54, 1.807) is 18.2 Å². The summed E-state index contributed by atoms with van der Waals surface area (Å²) in [5.41, 5.74) is 2.74. The maximum atomic E-state index is 12.5. The van der Waals surface area contributed by atoms with Crippen molar-refractivity contribution in [3.63, 3.8) is 0 Å². The van der Waals surface area contributed by atoms with E-state index in [1.165, 1.54) is 0 Å². The second kappa shape index (κ2) is 4.56. The van der Waals surface area contributed by atoms with Gasteiger partial charge in [0.25, 0.3) is 0 Å². The van der Waals surface area contributed by atoms with Gasteiger partial charge in [0.2, 0.25) is 0 Å². The van der Waals surface area contributed by atoms with E-state index in [4.69, 9.17) is 0 Å². The van der Waals surface area contributed by atoms with Gasteiger partial charge in [0.1, 0.15) is 5.76 Å². The number of carbonyl (C=O) groups is 2. The van der Waals surface area contributed by atoms with Crippen LogP contribution in [0.1, 0.15) is 18.4 Å². The molecule has 4 heteroatoms. The molecule has 2 aliphatic carbocycles. The number of aliphatic hydroxyl groups is 1. The van der Waals surface area contributed by atoms with Crippen LogP contribution in [-0.2, 0) is 9.59 Å². The highest BCUT2D eigenvalue weighted by atomic mass is 16.3. The molecule has 0 aromatic heterocycles. The van der Waals surface area contributed by atoms with E-state index >= 15 is 0 Å². The summed E-state index contributed by atoms with van der Waals surface area (Å²) in [6.07, 6.45) is 6.71. The zero-order chi connectivity index (χ0) is 15.3. The molecular weight excluding hydrogens is 278 g/mol. The molecule has 2 N–H and O–H groups in total. The van der Waals surface area contributed by atoms with Crippen molar-refractivity contribution in [2.45, 2.75) is 12.8 Å². The Labute approximate surface area is 127 Å². The van der Waals surface area contributed by atoms with Gasteiger partial charge in [-0.3, -0.25) is 9.59 Å². The third kappa shape index (κ3) is 1.70. The molecule has 108 valence electrons. The quantitative estimate of drug-likeness (QED) is 0.569. The monoisotopic (exact) mass is 291 g/mol. The number of aliphatic hydroxyl groups excluding tert-OH is 1. The summed E-state index contributed by atoms with van der Waals surface area (Å²) in [6.45, 7) is 0. The van der Waals surface area contributed by atoms with Gasteiger partial charge in [0.05, 0.1) is 11.3 Å². The molecule has 0 bridgehead atoms. The Kier molecular flexibility index (Phi) is 2.66. The first-order chi connectivity index (χ1) is 10.7. The number of nitrogens with one attached hydrogen (secondary N) is 1. The minimum atomic E-state index is -0.308. The predicted molar refractivity (Wildman–Crippen MR) is 83.1 cm³/mol. The van der Waals surface area contributed by atoms with Gasteiger partial charge in [-0.05, 0) is 25.0 Å². The van der Waals surface area contributed by atoms with Crippen molar-refractivity contribution in [2.24, 2.45) is 0 Å². The molecule has 3 aliphatic rings. The number of fused-ring (bicyclic) bond motifs is 2. The molecule has 1 aromatic rings. The molecule has 0 unspecified atom stereocenters. The lowest BCUT2D eigenvalue weighted by Crippen LogP contribution is -2.16. The number of allylic oxidation sites excluding steroid dienone is 5. The van der Waals surface area contributed by atoms with Crippen LogP contribution in [-0.4, -0.2) is 16.7 Å². The van der Waals surface area contributed by atoms with Crippen molar-refractivity contribution in [1.82, 2.24) is 0 Å². The zero-order valence-corrected chi connectivity index (χ0v) is 11.7. The van der Waals surface area contributed by atoms with Crippen molar-refractivity contribution in [3.05, 3.63) is 70.2 Å². The number of anilines is 1. The molecule has 4 nitrogen and oxygen atoms in total. The zero-order valence-electron chi connectivity index (χ0n) is 11.7. The molecule has 1 fully saturated rings. The standard InChI is InChI=1S/C18H13NO3/c20-14-9-10-5-1-4-8-13(10)19-16(14)15-17(21)11-6-2-3-7-12(11)18(15)22/h1,4-9,19-20H,2-3H2. The number of para-hydroxylation sites is 1. The van der Waals surface area contributed by atoms with Crippen LogP contribution in [0.5, 0.6) is 0 Å². The fourth-order valence-corrected chi connectivity index (χ4v) is 3.05. The summed E-state index contributed by atoms with van der Waals surface area (Å²) in [6, 6.07) is 7.41. The van der Waals surface area contributed by atoms with E-state index in [1.807, 2.05) is 24.3 Å². The summed E-state index contributed by atoms with van der Waals surface area (Å²) >= 11 is 0.